The van der Waals surface area contributed by atoms with Crippen LogP contribution in [0.1, 0.15) is 32.1 Å². The maximum absolute atomic E-state index is 11.0. The summed E-state index contributed by atoms with van der Waals surface area (Å²) >= 11 is 1.52. The van der Waals surface area contributed by atoms with Gasteiger partial charge < -0.3 is 10.3 Å². The number of hydrogen-bond acceptors (Lipinski definition) is 6. The van der Waals surface area contributed by atoms with E-state index in [1.54, 1.807) is 0 Å². The topological polar surface area (TPSA) is 90.9 Å². The first-order valence-corrected chi connectivity index (χ1v) is 8.84. The van der Waals surface area contributed by atoms with Crippen LogP contribution in [0.3, 0.4) is 0 Å². The van der Waals surface area contributed by atoms with Crippen LogP contribution in [0.5, 0.6) is 0 Å². The van der Waals surface area contributed by atoms with Crippen molar-refractivity contribution in [1.29, 1.82) is 0 Å². The third kappa shape index (κ3) is 4.58. The number of rotatable bonds is 7. The van der Waals surface area contributed by atoms with E-state index >= 15 is 0 Å². The van der Waals surface area contributed by atoms with Gasteiger partial charge >= 0.3 is 0 Å². The van der Waals surface area contributed by atoms with E-state index in [1.807, 2.05) is 18.4 Å². The van der Waals surface area contributed by atoms with Crippen molar-refractivity contribution in [2.75, 3.05) is 17.8 Å². The monoisotopic (exact) mass is 292 g/mol. The number of nitrogens with zero attached hydrogens (tertiary/aromatic N) is 3. The lowest BCUT2D eigenvalue weighted by molar-refractivity contribution is 0.526. The van der Waals surface area contributed by atoms with Crippen LogP contribution in [0.15, 0.2) is 5.16 Å². The molecule has 2 N–H and O–H groups in total. The number of thioether (sulfide) groups is 1. The first kappa shape index (κ1) is 15.5. The molecule has 1 rings (SSSR count). The third-order valence-electron chi connectivity index (χ3n) is 2.32. The first-order chi connectivity index (χ1) is 8.35. The molecule has 0 aliphatic heterocycles. The van der Waals surface area contributed by atoms with Crippen molar-refractivity contribution in [2.45, 2.75) is 38.0 Å². The van der Waals surface area contributed by atoms with Gasteiger partial charge in [0.1, 0.15) is 15.7 Å². The van der Waals surface area contributed by atoms with Crippen LogP contribution in [-0.4, -0.2) is 40.9 Å². The van der Waals surface area contributed by atoms with Crippen LogP contribution in [0.25, 0.3) is 0 Å². The van der Waals surface area contributed by atoms with Crippen LogP contribution in [0.2, 0.25) is 0 Å². The van der Waals surface area contributed by atoms with Crippen LogP contribution in [-0.2, 0) is 16.4 Å². The van der Waals surface area contributed by atoms with Gasteiger partial charge in [-0.15, -0.1) is 10.2 Å². The summed E-state index contributed by atoms with van der Waals surface area (Å²) in [5.41, 5.74) is 5.60. The summed E-state index contributed by atoms with van der Waals surface area (Å²) in [6.45, 7) is 4.45. The molecule has 0 aromatic carbocycles. The second-order valence-electron chi connectivity index (χ2n) is 4.40. The summed E-state index contributed by atoms with van der Waals surface area (Å²) in [6, 6.07) is 0.246. The molecule has 6 nitrogen and oxygen atoms in total. The molecule has 0 saturated carbocycles. The lowest BCUT2D eigenvalue weighted by Gasteiger charge is -2.12. The Morgan fingerprint density at radius 1 is 1.39 bits per heavy atom. The van der Waals surface area contributed by atoms with Crippen LogP contribution < -0.4 is 5.73 Å². The van der Waals surface area contributed by atoms with E-state index in [2.05, 4.69) is 10.2 Å². The summed E-state index contributed by atoms with van der Waals surface area (Å²) < 4.78 is 24.0. The molecule has 0 spiro atoms. The quantitative estimate of drug-likeness (QED) is 0.591. The highest BCUT2D eigenvalue weighted by Gasteiger charge is 2.14. The predicted octanol–water partition coefficient (Wildman–Crippen LogP) is 0.845. The van der Waals surface area contributed by atoms with Gasteiger partial charge in [-0.25, -0.2) is 8.42 Å². The third-order valence-corrected chi connectivity index (χ3v) is 4.38. The molecule has 8 heteroatoms. The maximum Gasteiger partial charge on any atom is 0.191 e. The number of hydrogen-bond donors (Lipinski definition) is 1. The zero-order chi connectivity index (χ0) is 13.8. The molecule has 1 aromatic rings. The van der Waals surface area contributed by atoms with Gasteiger partial charge in [0.15, 0.2) is 5.16 Å². The molecule has 0 aliphatic rings. The van der Waals surface area contributed by atoms with Crippen molar-refractivity contribution in [1.82, 2.24) is 14.8 Å². The minimum atomic E-state index is -2.88. The number of aromatic nitrogens is 3. The lowest BCUT2D eigenvalue weighted by Crippen LogP contribution is -2.11. The molecule has 0 amide bonds. The Morgan fingerprint density at radius 2 is 2.06 bits per heavy atom. The molecule has 1 heterocycles. The van der Waals surface area contributed by atoms with E-state index < -0.39 is 9.84 Å². The van der Waals surface area contributed by atoms with E-state index in [-0.39, 0.29) is 11.8 Å². The standard InChI is InChI=1S/C10H20N4O2S2/c1-8(2)14-9(7-11)12-13-10(14)17-5-4-6-18(3,15)16/h8H,4-7,11H2,1-3H3. The van der Waals surface area contributed by atoms with Crippen molar-refractivity contribution in [3.05, 3.63) is 5.82 Å². The SMILES string of the molecule is CC(C)n1c(CN)nnc1SCCCS(C)(=O)=O. The average molecular weight is 292 g/mol. The molecule has 0 atom stereocenters. The van der Waals surface area contributed by atoms with Gasteiger partial charge in [0.05, 0.1) is 12.3 Å². The Morgan fingerprint density at radius 3 is 2.56 bits per heavy atom. The number of nitrogens with two attached hydrogens (primary N) is 1. The van der Waals surface area contributed by atoms with Gasteiger partial charge in [-0.1, -0.05) is 11.8 Å². The molecule has 104 valence electrons. The van der Waals surface area contributed by atoms with Gasteiger partial charge in [0.2, 0.25) is 0 Å². The molecule has 0 fully saturated rings. The summed E-state index contributed by atoms with van der Waals surface area (Å²) in [5, 5.41) is 8.93. The summed E-state index contributed by atoms with van der Waals surface area (Å²) in [7, 11) is -2.88. The molecule has 0 aliphatic carbocycles. The van der Waals surface area contributed by atoms with Crippen molar-refractivity contribution in [3.8, 4) is 0 Å². The molecular weight excluding hydrogens is 272 g/mol. The molecule has 1 aromatic heterocycles. The predicted molar refractivity (Wildman–Crippen MR) is 73.4 cm³/mol. The normalized spacial score (nSPS) is 12.3. The molecule has 0 radical (unpaired) electrons. The largest absolute Gasteiger partial charge is 0.324 e. The summed E-state index contributed by atoms with van der Waals surface area (Å²) in [5.74, 6) is 1.68. The van der Waals surface area contributed by atoms with Crippen molar-refractivity contribution < 1.29 is 8.42 Å². The molecule has 18 heavy (non-hydrogen) atoms. The van der Waals surface area contributed by atoms with E-state index in [1.165, 1.54) is 18.0 Å². The van der Waals surface area contributed by atoms with E-state index in [0.717, 1.165) is 11.0 Å². The minimum Gasteiger partial charge on any atom is -0.324 e. The average Bonchev–Trinajstić information content (AvgIpc) is 2.66. The highest BCUT2D eigenvalue weighted by atomic mass is 32.2. The van der Waals surface area contributed by atoms with Gasteiger partial charge in [0, 0.05) is 18.1 Å². The van der Waals surface area contributed by atoms with Gasteiger partial charge in [-0.3, -0.25) is 0 Å². The smallest absolute Gasteiger partial charge is 0.191 e. The van der Waals surface area contributed by atoms with E-state index in [4.69, 9.17) is 5.73 Å². The zero-order valence-corrected chi connectivity index (χ0v) is 12.6. The van der Waals surface area contributed by atoms with Crippen molar-refractivity contribution >= 4 is 21.6 Å². The summed E-state index contributed by atoms with van der Waals surface area (Å²) in [6.07, 6.45) is 1.87. The van der Waals surface area contributed by atoms with Gasteiger partial charge in [-0.2, -0.15) is 0 Å². The molecule has 0 bridgehead atoms. The van der Waals surface area contributed by atoms with Gasteiger partial charge in [-0.05, 0) is 20.3 Å². The minimum absolute atomic E-state index is 0.208. The molecular formula is C10H20N4O2S2. The Kier molecular flexibility index (Phi) is 5.61. The Labute approximate surface area is 112 Å². The molecule has 0 unspecified atom stereocenters. The first-order valence-electron chi connectivity index (χ1n) is 5.79. The van der Waals surface area contributed by atoms with Gasteiger partial charge in [0.25, 0.3) is 0 Å². The van der Waals surface area contributed by atoms with Crippen LogP contribution >= 0.6 is 11.8 Å². The maximum atomic E-state index is 11.0. The zero-order valence-electron chi connectivity index (χ0n) is 11.0. The Bertz CT molecular complexity index is 482. The fourth-order valence-electron chi connectivity index (χ4n) is 1.55. The van der Waals surface area contributed by atoms with Crippen molar-refractivity contribution in [2.24, 2.45) is 5.73 Å². The lowest BCUT2D eigenvalue weighted by atomic mass is 10.4. The van der Waals surface area contributed by atoms with Crippen LogP contribution in [0, 0.1) is 0 Å². The highest BCUT2D eigenvalue weighted by Crippen LogP contribution is 2.22. The highest BCUT2D eigenvalue weighted by molar-refractivity contribution is 7.99. The van der Waals surface area contributed by atoms with Crippen LogP contribution in [0.4, 0.5) is 0 Å². The fraction of sp³-hybridized carbons (Fsp3) is 0.800. The van der Waals surface area contributed by atoms with E-state index in [9.17, 15) is 8.42 Å². The second-order valence-corrected chi connectivity index (χ2v) is 7.72. The summed E-state index contributed by atoms with van der Waals surface area (Å²) in [4.78, 5) is 0. The molecule has 0 saturated heterocycles. The second kappa shape index (κ2) is 6.53. The Balaban J connectivity index is 2.60. The van der Waals surface area contributed by atoms with E-state index in [0.29, 0.717) is 18.7 Å². The number of sulfone groups is 1. The Hall–Kier alpha value is -0.600. The van der Waals surface area contributed by atoms with Crippen molar-refractivity contribution in [3.63, 3.8) is 0 Å². The fourth-order valence-corrected chi connectivity index (χ4v) is 3.42.